The minimum atomic E-state index is -0.834. The Hall–Kier alpha value is -1.06. The first-order valence-electron chi connectivity index (χ1n) is 5.93. The van der Waals surface area contributed by atoms with E-state index in [0.717, 1.165) is 0 Å². The Labute approximate surface area is 113 Å². The summed E-state index contributed by atoms with van der Waals surface area (Å²) in [4.78, 5) is 26.1. The molecule has 4 atom stereocenters. The summed E-state index contributed by atoms with van der Waals surface area (Å²) >= 11 is 1.38. The molecule has 19 heavy (non-hydrogen) atoms. The summed E-state index contributed by atoms with van der Waals surface area (Å²) in [5, 5.41) is 9.45. The summed E-state index contributed by atoms with van der Waals surface area (Å²) in [6.07, 6.45) is -1.40. The van der Waals surface area contributed by atoms with Crippen molar-refractivity contribution in [2.24, 2.45) is 0 Å². The SMILES string of the molecule is CCOC(=O)CS[C@H]1CO[C@H]2[C@@H]1OC[C@H]2O[N+](=O)[O-]. The quantitative estimate of drug-likeness (QED) is 0.384. The van der Waals surface area contributed by atoms with Crippen LogP contribution in [0.3, 0.4) is 0 Å². The number of carbonyl (C=O) groups excluding carboxylic acids is 1. The second-order valence-electron chi connectivity index (χ2n) is 4.12. The van der Waals surface area contributed by atoms with Crippen molar-refractivity contribution < 1.29 is 28.9 Å². The molecule has 0 aromatic carbocycles. The van der Waals surface area contributed by atoms with Crippen LogP contribution in [-0.4, -0.2) is 60.2 Å². The molecule has 2 fully saturated rings. The number of rotatable bonds is 6. The second kappa shape index (κ2) is 6.40. The van der Waals surface area contributed by atoms with Gasteiger partial charge in [0.15, 0.2) is 6.10 Å². The summed E-state index contributed by atoms with van der Waals surface area (Å²) in [6.45, 7) is 2.61. The van der Waals surface area contributed by atoms with E-state index >= 15 is 0 Å². The van der Waals surface area contributed by atoms with E-state index in [9.17, 15) is 14.9 Å². The van der Waals surface area contributed by atoms with Crippen LogP contribution >= 0.6 is 11.8 Å². The lowest BCUT2D eigenvalue weighted by atomic mass is 10.1. The monoisotopic (exact) mass is 293 g/mol. The predicted molar refractivity (Wildman–Crippen MR) is 64.2 cm³/mol. The van der Waals surface area contributed by atoms with E-state index in [1.54, 1.807) is 6.92 Å². The maximum Gasteiger partial charge on any atom is 0.315 e. The maximum atomic E-state index is 11.3. The highest BCUT2D eigenvalue weighted by Crippen LogP contribution is 2.35. The summed E-state index contributed by atoms with van der Waals surface area (Å²) < 4.78 is 15.8. The van der Waals surface area contributed by atoms with Gasteiger partial charge < -0.3 is 19.0 Å². The lowest BCUT2D eigenvalue weighted by Crippen LogP contribution is -2.33. The van der Waals surface area contributed by atoms with Crippen molar-refractivity contribution in [2.75, 3.05) is 25.6 Å². The van der Waals surface area contributed by atoms with Crippen LogP contribution in [0.25, 0.3) is 0 Å². The largest absolute Gasteiger partial charge is 0.465 e. The van der Waals surface area contributed by atoms with Crippen molar-refractivity contribution in [1.29, 1.82) is 0 Å². The van der Waals surface area contributed by atoms with Crippen LogP contribution in [0.2, 0.25) is 0 Å². The maximum absolute atomic E-state index is 11.3. The van der Waals surface area contributed by atoms with Gasteiger partial charge in [0, 0.05) is 0 Å². The first kappa shape index (κ1) is 14.4. The van der Waals surface area contributed by atoms with Crippen LogP contribution in [0.4, 0.5) is 0 Å². The zero-order chi connectivity index (χ0) is 13.8. The summed E-state index contributed by atoms with van der Waals surface area (Å²) in [7, 11) is 0. The van der Waals surface area contributed by atoms with Crippen LogP contribution in [0, 0.1) is 10.1 Å². The highest BCUT2D eigenvalue weighted by atomic mass is 32.2. The molecule has 108 valence electrons. The van der Waals surface area contributed by atoms with Crippen molar-refractivity contribution in [3.8, 4) is 0 Å². The molecule has 0 N–H and O–H groups in total. The Morgan fingerprint density at radius 1 is 1.42 bits per heavy atom. The Morgan fingerprint density at radius 3 is 2.84 bits per heavy atom. The zero-order valence-corrected chi connectivity index (χ0v) is 11.2. The number of carbonyl (C=O) groups is 1. The molecule has 8 nitrogen and oxygen atoms in total. The second-order valence-corrected chi connectivity index (χ2v) is 5.35. The molecule has 2 aliphatic heterocycles. The zero-order valence-electron chi connectivity index (χ0n) is 10.4. The molecule has 2 heterocycles. The fourth-order valence-electron chi connectivity index (χ4n) is 2.15. The molecular weight excluding hydrogens is 278 g/mol. The lowest BCUT2D eigenvalue weighted by molar-refractivity contribution is -0.769. The highest BCUT2D eigenvalue weighted by Gasteiger charge is 2.49. The van der Waals surface area contributed by atoms with Gasteiger partial charge >= 0.3 is 5.97 Å². The summed E-state index contributed by atoms with van der Waals surface area (Å²) in [5.74, 6) is -0.0677. The van der Waals surface area contributed by atoms with E-state index in [1.807, 2.05) is 0 Å². The molecule has 2 rings (SSSR count). The first-order valence-corrected chi connectivity index (χ1v) is 6.98. The third-order valence-corrected chi connectivity index (χ3v) is 4.14. The van der Waals surface area contributed by atoms with E-state index < -0.39 is 17.3 Å². The van der Waals surface area contributed by atoms with Crippen molar-refractivity contribution in [2.45, 2.75) is 30.5 Å². The van der Waals surface area contributed by atoms with E-state index in [2.05, 4.69) is 4.84 Å². The van der Waals surface area contributed by atoms with Gasteiger partial charge in [-0.25, -0.2) is 0 Å². The molecule has 2 aliphatic rings. The number of nitrogens with zero attached hydrogens (tertiary/aromatic N) is 1. The Bertz CT molecular complexity index is 353. The van der Waals surface area contributed by atoms with Gasteiger partial charge in [-0.15, -0.1) is 21.9 Å². The molecule has 0 bridgehead atoms. The topological polar surface area (TPSA) is 97.1 Å². The first-order chi connectivity index (χ1) is 9.11. The van der Waals surface area contributed by atoms with Crippen molar-refractivity contribution in [3.05, 3.63) is 10.1 Å². The Balaban J connectivity index is 1.80. The van der Waals surface area contributed by atoms with Gasteiger partial charge in [0.05, 0.1) is 30.8 Å². The summed E-state index contributed by atoms with van der Waals surface area (Å²) in [5.41, 5.74) is 0. The lowest BCUT2D eigenvalue weighted by Gasteiger charge is -2.15. The fraction of sp³-hybridized carbons (Fsp3) is 0.900. The Morgan fingerprint density at radius 2 is 2.16 bits per heavy atom. The minimum absolute atomic E-state index is 0.0326. The van der Waals surface area contributed by atoms with Gasteiger partial charge in [-0.3, -0.25) is 4.79 Å². The minimum Gasteiger partial charge on any atom is -0.465 e. The molecule has 9 heteroatoms. The molecule has 0 radical (unpaired) electrons. The van der Waals surface area contributed by atoms with E-state index in [0.29, 0.717) is 13.2 Å². The predicted octanol–water partition coefficient (Wildman–Crippen LogP) is 0.0258. The van der Waals surface area contributed by atoms with Gasteiger partial charge in [0.1, 0.15) is 12.2 Å². The van der Waals surface area contributed by atoms with Crippen LogP contribution < -0.4 is 0 Å². The normalized spacial score (nSPS) is 32.9. The summed E-state index contributed by atoms with van der Waals surface area (Å²) in [6, 6.07) is 0. The number of thioether (sulfide) groups is 1. The van der Waals surface area contributed by atoms with Crippen LogP contribution in [0.1, 0.15) is 6.92 Å². The number of hydrogen-bond donors (Lipinski definition) is 0. The molecule has 0 aromatic heterocycles. The van der Waals surface area contributed by atoms with E-state index in [4.69, 9.17) is 14.2 Å². The standard InChI is InChI=1S/C10H15NO7S/c1-2-15-8(12)5-19-7-4-17-9-6(18-11(13)14)3-16-10(7)9/h6-7,9-10H,2-5H2,1H3/t6-,7+,9-,10-/m1/s1. The van der Waals surface area contributed by atoms with Gasteiger partial charge in [-0.2, -0.15) is 0 Å². The number of hydrogen-bond acceptors (Lipinski definition) is 8. The van der Waals surface area contributed by atoms with E-state index in [-0.39, 0.29) is 29.7 Å². The fourth-order valence-corrected chi connectivity index (χ4v) is 3.18. The third-order valence-electron chi connectivity index (χ3n) is 2.90. The molecule has 2 saturated heterocycles. The van der Waals surface area contributed by atoms with E-state index in [1.165, 1.54) is 11.8 Å². The molecule has 0 aliphatic carbocycles. The van der Waals surface area contributed by atoms with Crippen molar-refractivity contribution in [3.63, 3.8) is 0 Å². The molecule has 0 spiro atoms. The number of fused-ring (bicyclic) bond motifs is 1. The van der Waals surface area contributed by atoms with Gasteiger partial charge in [-0.1, -0.05) is 0 Å². The van der Waals surface area contributed by atoms with Gasteiger partial charge in [0.25, 0.3) is 5.09 Å². The van der Waals surface area contributed by atoms with Crippen LogP contribution in [0.5, 0.6) is 0 Å². The molecule has 0 aromatic rings. The Kier molecular flexibility index (Phi) is 4.83. The third kappa shape index (κ3) is 3.48. The highest BCUT2D eigenvalue weighted by molar-refractivity contribution is 8.00. The molecular formula is C10H15NO7S. The van der Waals surface area contributed by atoms with Crippen LogP contribution in [0.15, 0.2) is 0 Å². The smallest absolute Gasteiger partial charge is 0.315 e. The average molecular weight is 293 g/mol. The molecule has 0 unspecified atom stereocenters. The van der Waals surface area contributed by atoms with Crippen LogP contribution in [-0.2, 0) is 23.8 Å². The van der Waals surface area contributed by atoms with Gasteiger partial charge in [0.2, 0.25) is 0 Å². The van der Waals surface area contributed by atoms with Crippen molar-refractivity contribution >= 4 is 17.7 Å². The molecule has 0 amide bonds. The molecule has 0 saturated carbocycles. The number of esters is 1. The van der Waals surface area contributed by atoms with Gasteiger partial charge in [-0.05, 0) is 6.92 Å². The number of ether oxygens (including phenoxy) is 3. The van der Waals surface area contributed by atoms with Crippen molar-refractivity contribution in [1.82, 2.24) is 0 Å². The average Bonchev–Trinajstić information content (AvgIpc) is 2.90.